The predicted molar refractivity (Wildman–Crippen MR) is 183 cm³/mol. The lowest BCUT2D eigenvalue weighted by Crippen LogP contribution is -2.20. The summed E-state index contributed by atoms with van der Waals surface area (Å²) in [6, 6.07) is 19.8. The number of nitrogens with zero attached hydrogens (tertiary/aromatic N) is 3. The SMILES string of the molecule is CCOc1cc(C=Nn2c(-c3cc(C(C)C)c(OC)cc3C)nc3ccccc3c2=O)cc(Cl)c1OCc1ccc(Cl)cc1Cl. The van der Waals surface area contributed by atoms with Gasteiger partial charge in [0.2, 0.25) is 0 Å². The first-order valence-electron chi connectivity index (χ1n) is 14.4. The highest BCUT2D eigenvalue weighted by molar-refractivity contribution is 6.35. The lowest BCUT2D eigenvalue weighted by Gasteiger charge is -2.17. The summed E-state index contributed by atoms with van der Waals surface area (Å²) >= 11 is 19.1. The number of aryl methyl sites for hydroxylation is 1. The molecule has 0 fully saturated rings. The van der Waals surface area contributed by atoms with Crippen LogP contribution in [0.3, 0.4) is 0 Å². The summed E-state index contributed by atoms with van der Waals surface area (Å²) in [6.07, 6.45) is 1.55. The zero-order valence-corrected chi connectivity index (χ0v) is 27.8. The number of methoxy groups -OCH3 is 1. The molecule has 0 unspecified atom stereocenters. The number of fused-ring (bicyclic) bond motifs is 1. The van der Waals surface area contributed by atoms with E-state index in [1.807, 2.05) is 38.1 Å². The van der Waals surface area contributed by atoms with Crippen molar-refractivity contribution in [3.8, 4) is 28.6 Å². The Morgan fingerprint density at radius 2 is 1.73 bits per heavy atom. The van der Waals surface area contributed by atoms with Crippen molar-refractivity contribution < 1.29 is 14.2 Å². The molecular formula is C35H32Cl3N3O4. The minimum Gasteiger partial charge on any atom is -0.496 e. The molecule has 0 N–H and O–H groups in total. The van der Waals surface area contributed by atoms with Gasteiger partial charge in [-0.25, -0.2) is 4.98 Å². The minimum atomic E-state index is -0.302. The van der Waals surface area contributed by atoms with E-state index in [4.69, 9.17) is 54.0 Å². The molecule has 1 heterocycles. The van der Waals surface area contributed by atoms with Crippen molar-refractivity contribution >= 4 is 51.9 Å². The van der Waals surface area contributed by atoms with Crippen LogP contribution in [0.2, 0.25) is 15.1 Å². The van der Waals surface area contributed by atoms with E-state index in [1.165, 1.54) is 4.68 Å². The standard InChI is InChI=1S/C35H32Cl3N3O4/c1-6-44-32-15-22(14-29(38)33(32)45-19-23-11-12-24(36)16-28(23)37)18-39-41-34(40-30-10-8-7-9-25(30)35(41)42)27-17-26(20(2)3)31(43-5)13-21(27)4/h7-18,20H,6,19H2,1-5H3. The second kappa shape index (κ2) is 13.9. The van der Waals surface area contributed by atoms with Crippen LogP contribution in [-0.4, -0.2) is 29.6 Å². The van der Waals surface area contributed by atoms with Crippen molar-refractivity contribution in [2.24, 2.45) is 5.10 Å². The maximum atomic E-state index is 13.9. The summed E-state index contributed by atoms with van der Waals surface area (Å²) in [7, 11) is 1.65. The van der Waals surface area contributed by atoms with Gasteiger partial charge in [-0.2, -0.15) is 9.78 Å². The molecule has 4 aromatic carbocycles. The molecule has 0 saturated carbocycles. The van der Waals surface area contributed by atoms with Gasteiger partial charge in [-0.3, -0.25) is 4.79 Å². The maximum Gasteiger partial charge on any atom is 0.282 e. The van der Waals surface area contributed by atoms with E-state index >= 15 is 0 Å². The molecule has 0 spiro atoms. The third-order valence-corrected chi connectivity index (χ3v) is 8.10. The number of benzene rings is 4. The Kier molecular flexibility index (Phi) is 10.0. The highest BCUT2D eigenvalue weighted by atomic mass is 35.5. The fourth-order valence-corrected chi connectivity index (χ4v) is 5.69. The second-order valence-electron chi connectivity index (χ2n) is 10.7. The highest BCUT2D eigenvalue weighted by Gasteiger charge is 2.19. The zero-order chi connectivity index (χ0) is 32.2. The van der Waals surface area contributed by atoms with Gasteiger partial charge in [-0.1, -0.05) is 66.8 Å². The molecule has 7 nitrogen and oxygen atoms in total. The van der Waals surface area contributed by atoms with Gasteiger partial charge >= 0.3 is 0 Å². The molecule has 45 heavy (non-hydrogen) atoms. The van der Waals surface area contributed by atoms with E-state index in [0.717, 1.165) is 28.0 Å². The van der Waals surface area contributed by atoms with Crippen LogP contribution in [-0.2, 0) is 6.61 Å². The zero-order valence-electron chi connectivity index (χ0n) is 25.5. The summed E-state index contributed by atoms with van der Waals surface area (Å²) in [5.41, 5.74) is 4.29. The topological polar surface area (TPSA) is 74.9 Å². The molecule has 0 bridgehead atoms. The third kappa shape index (κ3) is 6.96. The molecule has 5 rings (SSSR count). The Hall–Kier alpha value is -4.04. The lowest BCUT2D eigenvalue weighted by atomic mass is 9.96. The number of aromatic nitrogens is 2. The van der Waals surface area contributed by atoms with Crippen LogP contribution in [0, 0.1) is 6.92 Å². The highest BCUT2D eigenvalue weighted by Crippen LogP contribution is 2.38. The molecule has 0 aliphatic carbocycles. The molecule has 1 aromatic heterocycles. The molecule has 5 aromatic rings. The van der Waals surface area contributed by atoms with Crippen molar-refractivity contribution in [3.05, 3.63) is 114 Å². The number of ether oxygens (including phenoxy) is 3. The summed E-state index contributed by atoms with van der Waals surface area (Å²) in [4.78, 5) is 18.7. The van der Waals surface area contributed by atoms with E-state index in [-0.39, 0.29) is 18.1 Å². The van der Waals surface area contributed by atoms with Crippen molar-refractivity contribution in [1.82, 2.24) is 9.66 Å². The summed E-state index contributed by atoms with van der Waals surface area (Å²) in [5, 5.41) is 6.42. The number of para-hydroxylation sites is 1. The van der Waals surface area contributed by atoms with Gasteiger partial charge in [-0.05, 0) is 85.0 Å². The summed E-state index contributed by atoms with van der Waals surface area (Å²) in [5.74, 6) is 2.16. The van der Waals surface area contributed by atoms with Gasteiger partial charge in [0.25, 0.3) is 5.56 Å². The van der Waals surface area contributed by atoms with Gasteiger partial charge in [0.1, 0.15) is 12.4 Å². The Morgan fingerprint density at radius 1 is 0.956 bits per heavy atom. The van der Waals surface area contributed by atoms with Gasteiger partial charge in [-0.15, -0.1) is 0 Å². The molecule has 0 aliphatic heterocycles. The molecule has 10 heteroatoms. The first-order chi connectivity index (χ1) is 21.6. The van der Waals surface area contributed by atoms with Crippen LogP contribution in [0.5, 0.6) is 17.2 Å². The minimum absolute atomic E-state index is 0.157. The monoisotopic (exact) mass is 663 g/mol. The molecule has 0 aliphatic rings. The summed E-state index contributed by atoms with van der Waals surface area (Å²) in [6.45, 7) is 8.54. The Balaban J connectivity index is 1.59. The van der Waals surface area contributed by atoms with Crippen LogP contribution < -0.4 is 19.8 Å². The number of rotatable bonds is 10. The average Bonchev–Trinajstić information content (AvgIpc) is 3.01. The molecule has 0 saturated heterocycles. The summed E-state index contributed by atoms with van der Waals surface area (Å²) < 4.78 is 18.9. The van der Waals surface area contributed by atoms with E-state index in [2.05, 4.69) is 18.9 Å². The van der Waals surface area contributed by atoms with E-state index < -0.39 is 0 Å². The third-order valence-electron chi connectivity index (χ3n) is 7.23. The first-order valence-corrected chi connectivity index (χ1v) is 15.5. The van der Waals surface area contributed by atoms with Gasteiger partial charge in [0.05, 0.1) is 35.9 Å². The van der Waals surface area contributed by atoms with Crippen molar-refractivity contribution in [3.63, 3.8) is 0 Å². The van der Waals surface area contributed by atoms with Crippen LogP contribution >= 0.6 is 34.8 Å². The van der Waals surface area contributed by atoms with Crippen LogP contribution in [0.15, 0.2) is 76.6 Å². The number of hydrogen-bond donors (Lipinski definition) is 0. The second-order valence-corrected chi connectivity index (χ2v) is 11.9. The molecule has 0 atom stereocenters. The van der Waals surface area contributed by atoms with Crippen molar-refractivity contribution in [1.29, 1.82) is 0 Å². The molecule has 232 valence electrons. The maximum absolute atomic E-state index is 13.9. The van der Waals surface area contributed by atoms with Gasteiger partial charge in [0.15, 0.2) is 17.3 Å². The Morgan fingerprint density at radius 3 is 2.44 bits per heavy atom. The largest absolute Gasteiger partial charge is 0.496 e. The fraction of sp³-hybridized carbons (Fsp3) is 0.229. The number of hydrogen-bond acceptors (Lipinski definition) is 6. The van der Waals surface area contributed by atoms with Crippen molar-refractivity contribution in [2.45, 2.75) is 40.2 Å². The molecular weight excluding hydrogens is 633 g/mol. The molecule has 0 amide bonds. The van der Waals surface area contributed by atoms with Crippen LogP contribution in [0.25, 0.3) is 22.3 Å². The van der Waals surface area contributed by atoms with E-state index in [0.29, 0.717) is 55.5 Å². The lowest BCUT2D eigenvalue weighted by molar-refractivity contribution is 0.269. The van der Waals surface area contributed by atoms with Crippen molar-refractivity contribution in [2.75, 3.05) is 13.7 Å². The van der Waals surface area contributed by atoms with Gasteiger partial charge in [0, 0.05) is 21.2 Å². The number of halogens is 3. The van der Waals surface area contributed by atoms with Gasteiger partial charge < -0.3 is 14.2 Å². The average molecular weight is 665 g/mol. The van der Waals surface area contributed by atoms with Crippen LogP contribution in [0.1, 0.15) is 48.9 Å². The first kappa shape index (κ1) is 32.4. The Labute approximate surface area is 276 Å². The van der Waals surface area contributed by atoms with E-state index in [9.17, 15) is 4.79 Å². The quantitative estimate of drug-likeness (QED) is 0.139. The normalized spacial score (nSPS) is 11.5. The van der Waals surface area contributed by atoms with Crippen LogP contribution in [0.4, 0.5) is 0 Å². The molecule has 0 radical (unpaired) electrons. The smallest absolute Gasteiger partial charge is 0.282 e. The fourth-order valence-electron chi connectivity index (χ4n) is 4.95. The van der Waals surface area contributed by atoms with E-state index in [1.54, 1.807) is 55.8 Å². The predicted octanol–water partition coefficient (Wildman–Crippen LogP) is 9.32. The Bertz CT molecular complexity index is 1970.